The normalized spacial score (nSPS) is 11.9. The molecule has 0 saturated carbocycles. The Labute approximate surface area is 305 Å². The van der Waals surface area contributed by atoms with E-state index in [1.807, 2.05) is 18.2 Å². The van der Waals surface area contributed by atoms with E-state index in [9.17, 15) is 28.1 Å². The van der Waals surface area contributed by atoms with Crippen LogP contribution in [0, 0.1) is 17.0 Å². The predicted octanol–water partition coefficient (Wildman–Crippen LogP) is 7.23. The van der Waals surface area contributed by atoms with E-state index in [0.29, 0.717) is 10.6 Å². The molecule has 0 spiro atoms. The molecule has 1 unspecified atom stereocenters. The van der Waals surface area contributed by atoms with E-state index < -0.39 is 49.9 Å². The van der Waals surface area contributed by atoms with Crippen molar-refractivity contribution in [1.82, 2.24) is 10.2 Å². The lowest BCUT2D eigenvalue weighted by Crippen LogP contribution is -2.54. The first-order chi connectivity index (χ1) is 23.6. The molecule has 11 nitrogen and oxygen atoms in total. The minimum atomic E-state index is -4.72. The summed E-state index contributed by atoms with van der Waals surface area (Å²) in [6.45, 7) is 3.98. The average molecular weight is 762 g/mol. The van der Waals surface area contributed by atoms with Gasteiger partial charge in [0, 0.05) is 45.7 Å². The van der Waals surface area contributed by atoms with Crippen LogP contribution in [0.4, 0.5) is 11.4 Å². The predicted molar refractivity (Wildman–Crippen MR) is 195 cm³/mol. The van der Waals surface area contributed by atoms with Crippen molar-refractivity contribution < 1.29 is 27.7 Å². The molecule has 0 bridgehead atoms. The van der Waals surface area contributed by atoms with Gasteiger partial charge in [0.25, 0.3) is 15.7 Å². The van der Waals surface area contributed by atoms with Crippen molar-refractivity contribution in [3.05, 3.63) is 127 Å². The smallest absolute Gasteiger partial charge is 0.273 e. The lowest BCUT2D eigenvalue weighted by atomic mass is 10.0. The van der Waals surface area contributed by atoms with Crippen molar-refractivity contribution in [2.75, 3.05) is 18.0 Å². The molecule has 4 aromatic rings. The molecule has 0 aliphatic heterocycles. The largest absolute Gasteiger partial charge is 0.495 e. The highest BCUT2D eigenvalue weighted by Crippen LogP contribution is 2.36. The van der Waals surface area contributed by atoms with Crippen LogP contribution in [-0.4, -0.2) is 55.8 Å². The van der Waals surface area contributed by atoms with Crippen LogP contribution in [-0.2, 0) is 32.6 Å². The van der Waals surface area contributed by atoms with E-state index in [4.69, 9.17) is 39.5 Å². The minimum Gasteiger partial charge on any atom is -0.495 e. The average Bonchev–Trinajstić information content (AvgIpc) is 3.06. The van der Waals surface area contributed by atoms with Gasteiger partial charge in [-0.15, -0.1) is 0 Å². The van der Waals surface area contributed by atoms with Crippen molar-refractivity contribution >= 4 is 68.0 Å². The number of nitro benzene ring substituents is 1. The molecule has 1 atom stereocenters. The molecule has 0 saturated heterocycles. The topological polar surface area (TPSA) is 139 Å². The maximum Gasteiger partial charge on any atom is 0.273 e. The van der Waals surface area contributed by atoms with E-state index in [-0.39, 0.29) is 46.1 Å². The molecule has 0 aliphatic carbocycles. The number of sulfonamides is 1. The molecule has 264 valence electrons. The van der Waals surface area contributed by atoms with Gasteiger partial charge in [0.2, 0.25) is 11.8 Å². The highest BCUT2D eigenvalue weighted by Gasteiger charge is 2.36. The Bertz CT molecular complexity index is 2000. The van der Waals surface area contributed by atoms with Gasteiger partial charge in [-0.3, -0.25) is 24.0 Å². The fraction of sp³-hybridized carbons (Fsp3) is 0.257. The quantitative estimate of drug-likeness (QED) is 0.106. The van der Waals surface area contributed by atoms with Crippen LogP contribution in [0.15, 0.2) is 89.8 Å². The Kier molecular flexibility index (Phi) is 12.7. The van der Waals surface area contributed by atoms with Crippen LogP contribution in [0.1, 0.15) is 30.5 Å². The molecule has 2 amide bonds. The van der Waals surface area contributed by atoms with Crippen molar-refractivity contribution in [3.63, 3.8) is 0 Å². The summed E-state index contributed by atoms with van der Waals surface area (Å²) >= 11 is 19.0. The van der Waals surface area contributed by atoms with Crippen molar-refractivity contribution in [2.24, 2.45) is 0 Å². The number of carbonyl (C=O) groups is 2. The molecule has 15 heteroatoms. The van der Waals surface area contributed by atoms with Gasteiger partial charge < -0.3 is 15.0 Å². The summed E-state index contributed by atoms with van der Waals surface area (Å²) in [4.78, 5) is 40.5. The summed E-state index contributed by atoms with van der Waals surface area (Å²) in [5.74, 6) is -1.22. The number of halogens is 3. The monoisotopic (exact) mass is 760 g/mol. The zero-order valence-corrected chi connectivity index (χ0v) is 30.7. The summed E-state index contributed by atoms with van der Waals surface area (Å²) < 4.78 is 35.2. The molecular formula is C35H35Cl3N4O7S. The zero-order chi connectivity index (χ0) is 36.7. The lowest BCUT2D eigenvalue weighted by Gasteiger charge is -2.34. The molecule has 0 aliphatic rings. The standard InChI is InChI=1S/C35H35Cl3N4O7S/c1-22(2)39-35(44)32(16-24-8-6-5-7-9-24)40(20-25-11-12-26(36)17-29(25)38)34(43)21-41(31-18-27(37)13-15-33(31)49-4)50(47,48)28-14-10-23(3)30(19-28)42(45)46/h5-15,17-19,22,32H,16,20-21H2,1-4H3,(H,39,44). The minimum absolute atomic E-state index is 0.0538. The van der Waals surface area contributed by atoms with Gasteiger partial charge in [0.05, 0.1) is 22.6 Å². The number of nitro groups is 1. The molecule has 4 rings (SSSR count). The van der Waals surface area contributed by atoms with Crippen LogP contribution in [0.25, 0.3) is 0 Å². The van der Waals surface area contributed by atoms with E-state index in [2.05, 4.69) is 5.32 Å². The highest BCUT2D eigenvalue weighted by atomic mass is 35.5. The van der Waals surface area contributed by atoms with Crippen LogP contribution in [0.3, 0.4) is 0 Å². The SMILES string of the molecule is COc1ccc(Cl)cc1N(CC(=O)N(Cc1ccc(Cl)cc1Cl)C(Cc1ccccc1)C(=O)NC(C)C)S(=O)(=O)c1ccc(C)c([N+](=O)[O-])c1. The third kappa shape index (κ3) is 9.25. The van der Waals surface area contributed by atoms with Gasteiger partial charge >= 0.3 is 0 Å². The van der Waals surface area contributed by atoms with Gasteiger partial charge in [0.15, 0.2) is 0 Å². The number of methoxy groups -OCH3 is 1. The Morgan fingerprint density at radius 1 is 0.940 bits per heavy atom. The summed E-state index contributed by atoms with van der Waals surface area (Å²) in [6, 6.07) is 20.0. The lowest BCUT2D eigenvalue weighted by molar-refractivity contribution is -0.385. The van der Waals surface area contributed by atoms with Gasteiger partial charge in [-0.2, -0.15) is 0 Å². The second-order valence-corrected chi connectivity index (χ2v) is 14.8. The second kappa shape index (κ2) is 16.6. The Hall–Kier alpha value is -4.36. The Morgan fingerprint density at radius 2 is 1.60 bits per heavy atom. The summed E-state index contributed by atoms with van der Waals surface area (Å²) in [6.07, 6.45) is 0.0771. The third-order valence-electron chi connectivity index (χ3n) is 7.71. The number of hydrogen-bond donors (Lipinski definition) is 1. The van der Waals surface area contributed by atoms with Crippen LogP contribution < -0.4 is 14.4 Å². The van der Waals surface area contributed by atoms with E-state index in [1.165, 1.54) is 55.3 Å². The zero-order valence-electron chi connectivity index (χ0n) is 27.6. The number of carbonyl (C=O) groups excluding carboxylic acids is 2. The maximum absolute atomic E-state index is 14.7. The molecule has 0 fully saturated rings. The fourth-order valence-electron chi connectivity index (χ4n) is 5.21. The maximum atomic E-state index is 14.7. The number of hydrogen-bond acceptors (Lipinski definition) is 7. The van der Waals surface area contributed by atoms with E-state index >= 15 is 0 Å². The van der Waals surface area contributed by atoms with Gasteiger partial charge in [-0.1, -0.05) is 77.3 Å². The third-order valence-corrected chi connectivity index (χ3v) is 10.3. The van der Waals surface area contributed by atoms with Crippen molar-refractivity contribution in [1.29, 1.82) is 0 Å². The van der Waals surface area contributed by atoms with Crippen LogP contribution in [0.2, 0.25) is 15.1 Å². The van der Waals surface area contributed by atoms with Gasteiger partial charge in [-0.25, -0.2) is 8.42 Å². The summed E-state index contributed by atoms with van der Waals surface area (Å²) in [7, 11) is -3.40. The molecule has 4 aromatic carbocycles. The first-order valence-electron chi connectivity index (χ1n) is 15.3. The molecule has 0 aromatic heterocycles. The van der Waals surface area contributed by atoms with Gasteiger partial charge in [-0.05, 0) is 68.3 Å². The van der Waals surface area contributed by atoms with Crippen LogP contribution >= 0.6 is 34.8 Å². The Morgan fingerprint density at radius 3 is 2.22 bits per heavy atom. The number of anilines is 1. The van der Waals surface area contributed by atoms with E-state index in [1.54, 1.807) is 38.1 Å². The summed E-state index contributed by atoms with van der Waals surface area (Å²) in [5, 5.41) is 15.4. The van der Waals surface area contributed by atoms with E-state index in [0.717, 1.165) is 15.9 Å². The molecular weight excluding hydrogens is 727 g/mol. The molecule has 0 heterocycles. The first kappa shape index (κ1) is 38.4. The first-order valence-corrected chi connectivity index (χ1v) is 17.9. The second-order valence-electron chi connectivity index (χ2n) is 11.7. The molecule has 1 N–H and O–H groups in total. The highest BCUT2D eigenvalue weighted by molar-refractivity contribution is 7.92. The van der Waals surface area contributed by atoms with Crippen molar-refractivity contribution in [2.45, 2.75) is 50.7 Å². The number of ether oxygens (including phenoxy) is 1. The number of amides is 2. The number of benzene rings is 4. The summed E-state index contributed by atoms with van der Waals surface area (Å²) in [5.41, 5.74) is 0.894. The number of nitrogens with zero attached hydrogens (tertiary/aromatic N) is 3. The molecule has 0 radical (unpaired) electrons. The van der Waals surface area contributed by atoms with Crippen LogP contribution in [0.5, 0.6) is 5.75 Å². The van der Waals surface area contributed by atoms with Gasteiger partial charge in [0.1, 0.15) is 18.3 Å². The molecule has 50 heavy (non-hydrogen) atoms. The number of rotatable bonds is 14. The Balaban J connectivity index is 1.91. The fourth-order valence-corrected chi connectivity index (χ4v) is 7.28. The number of aryl methyl sites for hydroxylation is 1. The van der Waals surface area contributed by atoms with Crippen molar-refractivity contribution in [3.8, 4) is 5.75 Å². The number of nitrogens with one attached hydrogen (secondary N) is 1.